The largest absolute Gasteiger partial charge is 0.365 e. The van der Waals surface area contributed by atoms with Crippen LogP contribution in [0, 0.1) is 11.3 Å². The maximum absolute atomic E-state index is 14.3. The summed E-state index contributed by atoms with van der Waals surface area (Å²) in [5.74, 6) is 0.359. The number of hydrogen-bond acceptors (Lipinski definition) is 4. The van der Waals surface area contributed by atoms with Crippen LogP contribution in [0.1, 0.15) is 21.7 Å². The second-order valence-corrected chi connectivity index (χ2v) is 6.47. The summed E-state index contributed by atoms with van der Waals surface area (Å²) in [6.45, 7) is 0.322. The molecule has 1 fully saturated rings. The van der Waals surface area contributed by atoms with Crippen LogP contribution in [0.25, 0.3) is 11.0 Å². The van der Waals surface area contributed by atoms with Crippen molar-refractivity contribution >= 4 is 16.9 Å². The lowest BCUT2D eigenvalue weighted by molar-refractivity contribution is 0.00887. The molecule has 1 saturated heterocycles. The van der Waals surface area contributed by atoms with E-state index >= 15 is 0 Å². The molecular formula is C20H17FN4O2. The van der Waals surface area contributed by atoms with Gasteiger partial charge < -0.3 is 14.6 Å². The van der Waals surface area contributed by atoms with Gasteiger partial charge in [-0.3, -0.25) is 4.79 Å². The normalized spacial score (nSPS) is 19.3. The number of alkyl halides is 1. The minimum atomic E-state index is -1.25. The van der Waals surface area contributed by atoms with Crippen molar-refractivity contribution in [2.45, 2.75) is 18.9 Å². The molecule has 136 valence electrons. The molecule has 2 heterocycles. The minimum Gasteiger partial charge on any atom is -0.365 e. The van der Waals surface area contributed by atoms with Gasteiger partial charge in [-0.1, -0.05) is 12.1 Å². The highest BCUT2D eigenvalue weighted by Crippen LogP contribution is 2.21. The third kappa shape index (κ3) is 3.52. The zero-order chi connectivity index (χ0) is 18.8. The van der Waals surface area contributed by atoms with Crippen molar-refractivity contribution in [3.63, 3.8) is 0 Å². The molecule has 4 rings (SSSR count). The lowest BCUT2D eigenvalue weighted by Gasteiger charge is -2.16. The van der Waals surface area contributed by atoms with Crippen LogP contribution in [-0.2, 0) is 11.3 Å². The van der Waals surface area contributed by atoms with Crippen LogP contribution in [0.2, 0.25) is 0 Å². The number of imidazole rings is 1. The number of nitrogens with one attached hydrogen (secondary N) is 1. The Bertz CT molecular complexity index is 976. The molecule has 0 spiro atoms. The third-order valence-electron chi connectivity index (χ3n) is 4.62. The fourth-order valence-electron chi connectivity index (χ4n) is 3.19. The molecule has 2 atom stereocenters. The summed E-state index contributed by atoms with van der Waals surface area (Å²) in [6, 6.07) is 15.9. The molecular weight excluding hydrogens is 347 g/mol. The maximum Gasteiger partial charge on any atom is 0.254 e. The second kappa shape index (κ2) is 7.17. The van der Waals surface area contributed by atoms with Crippen molar-refractivity contribution < 1.29 is 13.9 Å². The number of fused-ring (bicyclic) bond motifs is 1. The second-order valence-electron chi connectivity index (χ2n) is 6.47. The lowest BCUT2D eigenvalue weighted by atomic mass is 10.1. The lowest BCUT2D eigenvalue weighted by Crippen LogP contribution is -2.30. The molecule has 1 amide bonds. The van der Waals surface area contributed by atoms with E-state index in [4.69, 9.17) is 10.00 Å². The van der Waals surface area contributed by atoms with Crippen molar-refractivity contribution in [2.75, 3.05) is 13.1 Å². The van der Waals surface area contributed by atoms with Gasteiger partial charge in [-0.05, 0) is 36.4 Å². The first-order valence-corrected chi connectivity index (χ1v) is 8.63. The minimum absolute atomic E-state index is 0.0103. The number of nitriles is 1. The molecule has 0 radical (unpaired) electrons. The van der Waals surface area contributed by atoms with Crippen molar-refractivity contribution in [3.05, 3.63) is 65.5 Å². The highest BCUT2D eigenvalue weighted by Gasteiger charge is 2.36. The summed E-state index contributed by atoms with van der Waals surface area (Å²) < 4.78 is 20.0. The number of carbonyl (C=O) groups excluding carboxylic acids is 1. The number of amides is 1. The standard InChI is InChI=1S/C20H17FN4O2/c21-15-10-25(20(26)14-7-5-13(9-22)6-8-14)11-18(15)27-12-19-23-16-3-1-2-4-17(16)24-19/h1-8,15,18H,10-12H2,(H,23,24)/t15-,18+/m1/s1. The van der Waals surface area contributed by atoms with E-state index in [9.17, 15) is 9.18 Å². The molecule has 0 aliphatic carbocycles. The average Bonchev–Trinajstić information content (AvgIpc) is 3.28. The Morgan fingerprint density at radius 3 is 2.78 bits per heavy atom. The van der Waals surface area contributed by atoms with E-state index in [0.717, 1.165) is 11.0 Å². The molecule has 1 aliphatic rings. The number of aromatic nitrogens is 2. The zero-order valence-corrected chi connectivity index (χ0v) is 14.4. The van der Waals surface area contributed by atoms with Crippen LogP contribution in [0.5, 0.6) is 0 Å². The molecule has 1 aliphatic heterocycles. The van der Waals surface area contributed by atoms with Gasteiger partial charge in [0.15, 0.2) is 0 Å². The first-order valence-electron chi connectivity index (χ1n) is 8.63. The van der Waals surface area contributed by atoms with E-state index in [1.165, 1.54) is 4.90 Å². The van der Waals surface area contributed by atoms with Crippen molar-refractivity contribution in [1.29, 1.82) is 5.26 Å². The fourth-order valence-corrected chi connectivity index (χ4v) is 3.19. The van der Waals surface area contributed by atoms with Gasteiger partial charge in [-0.2, -0.15) is 5.26 Å². The monoisotopic (exact) mass is 364 g/mol. The Kier molecular flexibility index (Phi) is 4.57. The molecule has 1 N–H and O–H groups in total. The molecule has 6 nitrogen and oxygen atoms in total. The van der Waals surface area contributed by atoms with Gasteiger partial charge in [-0.25, -0.2) is 9.37 Å². The van der Waals surface area contributed by atoms with Gasteiger partial charge >= 0.3 is 0 Å². The highest BCUT2D eigenvalue weighted by molar-refractivity contribution is 5.94. The zero-order valence-electron chi connectivity index (χ0n) is 14.4. The van der Waals surface area contributed by atoms with Gasteiger partial charge in [0.25, 0.3) is 5.91 Å². The number of likely N-dealkylation sites (tertiary alicyclic amines) is 1. The number of nitrogens with zero attached hydrogens (tertiary/aromatic N) is 3. The first-order chi connectivity index (χ1) is 13.1. The third-order valence-corrected chi connectivity index (χ3v) is 4.62. The maximum atomic E-state index is 14.3. The summed E-state index contributed by atoms with van der Waals surface area (Å²) in [5, 5.41) is 8.83. The molecule has 7 heteroatoms. The number of ether oxygens (including phenoxy) is 1. The molecule has 1 aromatic heterocycles. The van der Waals surface area contributed by atoms with E-state index in [-0.39, 0.29) is 25.6 Å². The van der Waals surface area contributed by atoms with E-state index < -0.39 is 12.3 Å². The number of rotatable bonds is 4. The van der Waals surface area contributed by atoms with E-state index in [1.54, 1.807) is 24.3 Å². The summed E-state index contributed by atoms with van der Waals surface area (Å²) in [7, 11) is 0. The van der Waals surface area contributed by atoms with Gasteiger partial charge in [0.1, 0.15) is 24.7 Å². The predicted molar refractivity (Wildman–Crippen MR) is 96.6 cm³/mol. The Morgan fingerprint density at radius 2 is 2.04 bits per heavy atom. The SMILES string of the molecule is N#Cc1ccc(C(=O)N2C[C@@H](F)[C@@H](OCc3nc4ccccc4[nH]3)C2)cc1. The number of aromatic amines is 1. The Hall–Kier alpha value is -3.24. The van der Waals surface area contributed by atoms with Crippen LogP contribution in [0.3, 0.4) is 0 Å². The molecule has 0 saturated carbocycles. The van der Waals surface area contributed by atoms with Crippen LogP contribution in [0.15, 0.2) is 48.5 Å². The number of carbonyl (C=O) groups is 1. The van der Waals surface area contributed by atoms with Gasteiger partial charge in [-0.15, -0.1) is 0 Å². The van der Waals surface area contributed by atoms with Crippen LogP contribution in [0.4, 0.5) is 4.39 Å². The summed E-state index contributed by atoms with van der Waals surface area (Å²) in [6.07, 6.45) is -1.95. The van der Waals surface area contributed by atoms with E-state index in [1.807, 2.05) is 30.3 Å². The number of hydrogen-bond donors (Lipinski definition) is 1. The summed E-state index contributed by atoms with van der Waals surface area (Å²) >= 11 is 0. The molecule has 2 aromatic carbocycles. The number of para-hydroxylation sites is 2. The van der Waals surface area contributed by atoms with Crippen molar-refractivity contribution in [1.82, 2.24) is 14.9 Å². The smallest absolute Gasteiger partial charge is 0.254 e. The molecule has 3 aromatic rings. The quantitative estimate of drug-likeness (QED) is 0.772. The topological polar surface area (TPSA) is 82.0 Å². The van der Waals surface area contributed by atoms with Gasteiger partial charge in [0.2, 0.25) is 0 Å². The number of halogens is 1. The predicted octanol–water partition coefficient (Wildman–Crippen LogP) is 2.81. The Balaban J connectivity index is 1.38. The van der Waals surface area contributed by atoms with Crippen molar-refractivity contribution in [3.8, 4) is 6.07 Å². The first kappa shape index (κ1) is 17.2. The van der Waals surface area contributed by atoms with E-state index in [2.05, 4.69) is 9.97 Å². The Morgan fingerprint density at radius 1 is 1.26 bits per heavy atom. The van der Waals surface area contributed by atoms with Crippen molar-refractivity contribution in [2.24, 2.45) is 0 Å². The highest BCUT2D eigenvalue weighted by atomic mass is 19.1. The molecule has 27 heavy (non-hydrogen) atoms. The Labute approximate surface area is 155 Å². The van der Waals surface area contributed by atoms with Gasteiger partial charge in [0, 0.05) is 5.56 Å². The number of H-pyrrole nitrogens is 1. The van der Waals surface area contributed by atoms with Crippen LogP contribution >= 0.6 is 0 Å². The summed E-state index contributed by atoms with van der Waals surface area (Å²) in [4.78, 5) is 21.5. The summed E-state index contributed by atoms with van der Waals surface area (Å²) in [5.41, 5.74) is 2.64. The van der Waals surface area contributed by atoms with E-state index in [0.29, 0.717) is 17.0 Å². The van der Waals surface area contributed by atoms with Crippen LogP contribution < -0.4 is 0 Å². The molecule has 0 bridgehead atoms. The van der Waals surface area contributed by atoms with Crippen LogP contribution in [-0.4, -0.2) is 46.1 Å². The molecule has 0 unspecified atom stereocenters. The van der Waals surface area contributed by atoms with Gasteiger partial charge in [0.05, 0.1) is 35.8 Å². The number of benzene rings is 2. The fraction of sp³-hybridized carbons (Fsp3) is 0.250. The average molecular weight is 364 g/mol.